The number of para-hydroxylation sites is 1. The molecule has 6 heteroatoms. The van der Waals surface area contributed by atoms with Crippen LogP contribution in [-0.4, -0.2) is 30.1 Å². The highest BCUT2D eigenvalue weighted by Gasteiger charge is 2.29. The molecule has 1 aliphatic carbocycles. The highest BCUT2D eigenvalue weighted by Crippen LogP contribution is 2.34. The Kier molecular flexibility index (Phi) is 4.27. The van der Waals surface area contributed by atoms with Crippen LogP contribution in [0.1, 0.15) is 39.4 Å². The van der Waals surface area contributed by atoms with Gasteiger partial charge in [0, 0.05) is 11.5 Å². The minimum Gasteiger partial charge on any atom is -0.376 e. The second-order valence-corrected chi connectivity index (χ2v) is 9.07. The van der Waals surface area contributed by atoms with Crippen molar-refractivity contribution in [2.75, 3.05) is 18.1 Å². The fourth-order valence-electron chi connectivity index (χ4n) is 3.78. The van der Waals surface area contributed by atoms with E-state index in [4.69, 9.17) is 9.72 Å². The van der Waals surface area contributed by atoms with E-state index >= 15 is 0 Å². The first kappa shape index (κ1) is 16.4. The molecule has 1 fully saturated rings. The Balaban J connectivity index is 1.50. The molecule has 5 rings (SSSR count). The van der Waals surface area contributed by atoms with Gasteiger partial charge in [0.2, 0.25) is 0 Å². The molecule has 0 radical (unpaired) electrons. The summed E-state index contributed by atoms with van der Waals surface area (Å²) >= 11 is 3.25. The Labute approximate surface area is 160 Å². The molecule has 1 aliphatic heterocycles. The number of carbonyl (C=O) groups excluding carboxylic acids is 1. The number of hydrogen-bond donors (Lipinski definition) is 0. The number of thiazole rings is 1. The number of aromatic nitrogens is 1. The lowest BCUT2D eigenvalue weighted by atomic mass is 10.2. The normalized spacial score (nSPS) is 19.2. The van der Waals surface area contributed by atoms with E-state index in [1.165, 1.54) is 16.9 Å². The third-order valence-corrected chi connectivity index (χ3v) is 7.41. The van der Waals surface area contributed by atoms with E-state index in [0.717, 1.165) is 52.5 Å². The molecule has 2 aliphatic rings. The van der Waals surface area contributed by atoms with Gasteiger partial charge in [-0.2, -0.15) is 0 Å². The molecule has 0 unspecified atom stereocenters. The van der Waals surface area contributed by atoms with Crippen molar-refractivity contribution < 1.29 is 9.53 Å². The van der Waals surface area contributed by atoms with Crippen LogP contribution < -0.4 is 4.90 Å². The number of thiophene rings is 1. The number of anilines is 1. The van der Waals surface area contributed by atoms with Gasteiger partial charge in [-0.3, -0.25) is 9.69 Å². The molecule has 0 spiro atoms. The Bertz CT molecular complexity index is 901. The van der Waals surface area contributed by atoms with Crippen LogP contribution in [-0.2, 0) is 17.6 Å². The lowest BCUT2D eigenvalue weighted by Crippen LogP contribution is -2.37. The van der Waals surface area contributed by atoms with Crippen LogP contribution in [0.5, 0.6) is 0 Å². The third-order valence-electron chi connectivity index (χ3n) is 5.13. The largest absolute Gasteiger partial charge is 0.376 e. The smallest absolute Gasteiger partial charge is 0.270 e. The zero-order chi connectivity index (χ0) is 17.5. The number of nitrogens with zero attached hydrogens (tertiary/aromatic N) is 2. The molecule has 134 valence electrons. The van der Waals surface area contributed by atoms with Gasteiger partial charge in [-0.15, -0.1) is 11.3 Å². The number of benzene rings is 1. The zero-order valence-electron chi connectivity index (χ0n) is 14.4. The number of rotatable bonds is 4. The van der Waals surface area contributed by atoms with Crippen molar-refractivity contribution in [2.45, 2.75) is 38.2 Å². The number of hydrogen-bond acceptors (Lipinski definition) is 5. The first-order valence-electron chi connectivity index (χ1n) is 9.18. The van der Waals surface area contributed by atoms with Crippen LogP contribution in [0, 0.1) is 0 Å². The Morgan fingerprint density at radius 2 is 2.15 bits per heavy atom. The minimum atomic E-state index is 0.0685. The van der Waals surface area contributed by atoms with Crippen LogP contribution in [0.15, 0.2) is 30.3 Å². The number of ether oxygens (including phenoxy) is 1. The standard InChI is InChI=1S/C20H20N2O2S2/c23-19(18-11-13-5-3-9-16(13)25-18)22(12-14-6-4-10-24-14)20-21-15-7-1-2-8-17(15)26-20/h1-2,7-8,11,14H,3-6,9-10,12H2/t14-/m0/s1. The molecule has 0 saturated carbocycles. The second-order valence-electron chi connectivity index (χ2n) is 6.93. The Hall–Kier alpha value is -1.76. The van der Waals surface area contributed by atoms with E-state index in [2.05, 4.69) is 12.1 Å². The molecule has 3 heterocycles. The molecule has 1 saturated heterocycles. The molecule has 26 heavy (non-hydrogen) atoms. The summed E-state index contributed by atoms with van der Waals surface area (Å²) in [7, 11) is 0. The van der Waals surface area contributed by atoms with E-state index in [0.29, 0.717) is 6.54 Å². The van der Waals surface area contributed by atoms with E-state index < -0.39 is 0 Å². The first-order valence-corrected chi connectivity index (χ1v) is 10.8. The van der Waals surface area contributed by atoms with Crippen LogP contribution in [0.4, 0.5) is 5.13 Å². The van der Waals surface area contributed by atoms with Gasteiger partial charge in [0.05, 0.1) is 27.7 Å². The number of fused-ring (bicyclic) bond motifs is 2. The van der Waals surface area contributed by atoms with Gasteiger partial charge in [0.1, 0.15) is 0 Å². The molecule has 4 nitrogen and oxygen atoms in total. The van der Waals surface area contributed by atoms with Crippen molar-refractivity contribution in [1.29, 1.82) is 0 Å². The van der Waals surface area contributed by atoms with E-state index in [-0.39, 0.29) is 12.0 Å². The fourth-order valence-corrected chi connectivity index (χ4v) is 5.96. The van der Waals surface area contributed by atoms with Gasteiger partial charge in [0.15, 0.2) is 5.13 Å². The third kappa shape index (κ3) is 2.96. The monoisotopic (exact) mass is 384 g/mol. The maximum Gasteiger partial charge on any atom is 0.270 e. The predicted octanol–water partition coefficient (Wildman–Crippen LogP) is 4.67. The molecule has 1 atom stereocenters. The maximum atomic E-state index is 13.4. The summed E-state index contributed by atoms with van der Waals surface area (Å²) in [6, 6.07) is 10.2. The van der Waals surface area contributed by atoms with E-state index in [9.17, 15) is 4.79 Å². The summed E-state index contributed by atoms with van der Waals surface area (Å²) in [4.78, 5) is 22.2. The van der Waals surface area contributed by atoms with Crippen molar-refractivity contribution >= 4 is 43.9 Å². The Morgan fingerprint density at radius 3 is 2.96 bits per heavy atom. The summed E-state index contributed by atoms with van der Waals surface area (Å²) in [6.45, 7) is 1.38. The van der Waals surface area contributed by atoms with E-state index in [1.807, 2.05) is 23.1 Å². The lowest BCUT2D eigenvalue weighted by Gasteiger charge is -2.22. The molecule has 2 aromatic heterocycles. The summed E-state index contributed by atoms with van der Waals surface area (Å²) in [6.07, 6.45) is 5.62. The predicted molar refractivity (Wildman–Crippen MR) is 107 cm³/mol. The van der Waals surface area contributed by atoms with Gasteiger partial charge in [-0.05, 0) is 55.9 Å². The van der Waals surface area contributed by atoms with Gasteiger partial charge < -0.3 is 4.74 Å². The molecule has 1 aromatic carbocycles. The highest BCUT2D eigenvalue weighted by atomic mass is 32.1. The average molecular weight is 385 g/mol. The fraction of sp³-hybridized carbons (Fsp3) is 0.400. The molecular weight excluding hydrogens is 364 g/mol. The van der Waals surface area contributed by atoms with E-state index in [1.54, 1.807) is 22.7 Å². The van der Waals surface area contributed by atoms with Crippen molar-refractivity contribution in [3.8, 4) is 0 Å². The van der Waals surface area contributed by atoms with Crippen LogP contribution in [0.3, 0.4) is 0 Å². The number of amides is 1. The SMILES string of the molecule is O=C(c1cc2c(s1)CCC2)N(C[C@@H]1CCCO1)c1nc2ccccc2s1. The van der Waals surface area contributed by atoms with Gasteiger partial charge in [-0.1, -0.05) is 23.5 Å². The molecule has 3 aromatic rings. The first-order chi connectivity index (χ1) is 12.8. The maximum absolute atomic E-state index is 13.4. The Morgan fingerprint density at radius 1 is 1.23 bits per heavy atom. The van der Waals surface area contributed by atoms with Crippen LogP contribution in [0.25, 0.3) is 10.2 Å². The summed E-state index contributed by atoms with van der Waals surface area (Å²) in [5, 5.41) is 0.778. The average Bonchev–Trinajstić information content (AvgIpc) is 3.42. The minimum absolute atomic E-state index is 0.0685. The summed E-state index contributed by atoms with van der Waals surface area (Å²) in [5.74, 6) is 0.0685. The zero-order valence-corrected chi connectivity index (χ0v) is 16.1. The second kappa shape index (κ2) is 6.76. The van der Waals surface area contributed by atoms with Gasteiger partial charge in [-0.25, -0.2) is 4.98 Å². The lowest BCUT2D eigenvalue weighted by molar-refractivity contribution is 0.0920. The van der Waals surface area contributed by atoms with Crippen molar-refractivity contribution in [3.05, 3.63) is 45.6 Å². The van der Waals surface area contributed by atoms with Crippen molar-refractivity contribution in [3.63, 3.8) is 0 Å². The van der Waals surface area contributed by atoms with Gasteiger partial charge >= 0.3 is 0 Å². The highest BCUT2D eigenvalue weighted by molar-refractivity contribution is 7.22. The molecule has 0 bridgehead atoms. The molecular formula is C20H20N2O2S2. The quantitative estimate of drug-likeness (QED) is 0.656. The molecule has 1 amide bonds. The van der Waals surface area contributed by atoms with Crippen molar-refractivity contribution in [2.24, 2.45) is 0 Å². The van der Waals surface area contributed by atoms with Gasteiger partial charge in [0.25, 0.3) is 5.91 Å². The van der Waals surface area contributed by atoms with Crippen molar-refractivity contribution in [1.82, 2.24) is 4.98 Å². The molecule has 0 N–H and O–H groups in total. The van der Waals surface area contributed by atoms with Crippen LogP contribution in [0.2, 0.25) is 0 Å². The number of carbonyl (C=O) groups is 1. The summed E-state index contributed by atoms with van der Waals surface area (Å²) < 4.78 is 6.93. The number of aryl methyl sites for hydroxylation is 2. The summed E-state index contributed by atoms with van der Waals surface area (Å²) in [5.41, 5.74) is 2.31. The van der Waals surface area contributed by atoms with Crippen LogP contribution >= 0.6 is 22.7 Å². The topological polar surface area (TPSA) is 42.4 Å².